The van der Waals surface area contributed by atoms with E-state index in [1.165, 1.54) is 49.0 Å². The van der Waals surface area contributed by atoms with E-state index in [-0.39, 0.29) is 5.41 Å². The highest BCUT2D eigenvalue weighted by molar-refractivity contribution is 6.25. The Morgan fingerprint density at radius 3 is 1.43 bits per heavy atom. The summed E-state index contributed by atoms with van der Waals surface area (Å²) in [6, 6.07) is 66.1. The van der Waals surface area contributed by atoms with E-state index in [2.05, 4.69) is 196 Å². The van der Waals surface area contributed by atoms with Crippen molar-refractivity contribution in [1.82, 2.24) is 0 Å². The first-order valence-corrected chi connectivity index (χ1v) is 18.8. The highest BCUT2D eigenvalue weighted by Gasteiger charge is 2.18. The molecule has 10 rings (SSSR count). The molecular weight excluding hydrogens is 655 g/mol. The van der Waals surface area contributed by atoms with Gasteiger partial charge in [-0.25, -0.2) is 0 Å². The van der Waals surface area contributed by atoms with Crippen LogP contribution in [0.4, 0.5) is 17.1 Å². The summed E-state index contributed by atoms with van der Waals surface area (Å²) >= 11 is 0. The molecule has 0 spiro atoms. The third-order valence-electron chi connectivity index (χ3n) is 11.0. The SMILES string of the molecule is CC(C)(C)c1ccc(-c2ccc(N(c3ccc(-c4cccc5c4oc4ccccc45)cc3)c3ccc4c5ccccc5c5ccccc5c4c3)cc2)cc1. The molecule has 0 saturated carbocycles. The molecule has 1 heterocycles. The highest BCUT2D eigenvalue weighted by atomic mass is 16.3. The third-order valence-corrected chi connectivity index (χ3v) is 11.0. The molecule has 0 aliphatic rings. The number of hydrogen-bond acceptors (Lipinski definition) is 2. The number of furan rings is 1. The number of fused-ring (bicyclic) bond motifs is 9. The van der Waals surface area contributed by atoms with Gasteiger partial charge in [0.1, 0.15) is 11.2 Å². The van der Waals surface area contributed by atoms with Gasteiger partial charge in [0, 0.05) is 33.4 Å². The molecule has 2 nitrogen and oxygen atoms in total. The van der Waals surface area contributed by atoms with E-state index in [0.29, 0.717) is 0 Å². The lowest BCUT2D eigenvalue weighted by Crippen LogP contribution is -2.10. The average molecular weight is 694 g/mol. The van der Waals surface area contributed by atoms with E-state index in [1.807, 2.05) is 12.1 Å². The fraction of sp³-hybridized carbons (Fsp3) is 0.0769. The molecule has 258 valence electrons. The molecule has 0 fully saturated rings. The molecule has 0 aliphatic heterocycles. The lowest BCUT2D eigenvalue weighted by Gasteiger charge is -2.27. The van der Waals surface area contributed by atoms with E-state index in [0.717, 1.165) is 50.1 Å². The van der Waals surface area contributed by atoms with Gasteiger partial charge in [0.15, 0.2) is 0 Å². The van der Waals surface area contributed by atoms with Gasteiger partial charge < -0.3 is 9.32 Å². The molecule has 0 radical (unpaired) electrons. The Kier molecular flexibility index (Phi) is 7.42. The maximum atomic E-state index is 6.42. The summed E-state index contributed by atoms with van der Waals surface area (Å²) in [5.74, 6) is 0. The second kappa shape index (κ2) is 12.5. The molecule has 0 N–H and O–H groups in total. The van der Waals surface area contributed by atoms with Crippen LogP contribution >= 0.6 is 0 Å². The second-order valence-electron chi connectivity index (χ2n) is 15.4. The minimum atomic E-state index is 0.120. The van der Waals surface area contributed by atoms with E-state index >= 15 is 0 Å². The number of anilines is 3. The summed E-state index contributed by atoms with van der Waals surface area (Å²) in [5, 5.41) is 9.88. The topological polar surface area (TPSA) is 16.4 Å². The average Bonchev–Trinajstić information content (AvgIpc) is 3.60. The molecule has 0 aliphatic carbocycles. The van der Waals surface area contributed by atoms with Crippen molar-refractivity contribution in [2.75, 3.05) is 4.90 Å². The molecule has 9 aromatic carbocycles. The smallest absolute Gasteiger partial charge is 0.143 e. The summed E-state index contributed by atoms with van der Waals surface area (Å²) < 4.78 is 6.42. The molecule has 54 heavy (non-hydrogen) atoms. The zero-order valence-electron chi connectivity index (χ0n) is 30.7. The van der Waals surface area contributed by atoms with Crippen LogP contribution in [0.1, 0.15) is 26.3 Å². The normalized spacial score (nSPS) is 12.0. The minimum absolute atomic E-state index is 0.120. The molecule has 0 bridgehead atoms. The summed E-state index contributed by atoms with van der Waals surface area (Å²) in [4.78, 5) is 2.38. The van der Waals surface area contributed by atoms with Crippen LogP contribution in [0.2, 0.25) is 0 Å². The van der Waals surface area contributed by atoms with Crippen molar-refractivity contribution in [2.45, 2.75) is 26.2 Å². The summed E-state index contributed by atoms with van der Waals surface area (Å²) in [5.41, 5.74) is 11.2. The van der Waals surface area contributed by atoms with Gasteiger partial charge in [-0.2, -0.15) is 0 Å². The fourth-order valence-corrected chi connectivity index (χ4v) is 8.21. The molecule has 0 amide bonds. The number of benzene rings is 9. The van der Waals surface area contributed by atoms with Gasteiger partial charge in [0.25, 0.3) is 0 Å². The molecule has 2 heteroatoms. The number of rotatable bonds is 5. The van der Waals surface area contributed by atoms with Crippen molar-refractivity contribution in [3.8, 4) is 22.3 Å². The standard InChI is InChI=1S/C52H39NO/c1-52(2,3)37-25-19-34(20-26-37)35-21-27-38(28-22-35)53(40-31-32-46-44-13-5-4-11-42(44)43-12-6-7-14-45(43)49(46)33-40)39-29-23-36(24-30-39)41-16-10-17-48-47-15-8-9-18-50(47)54-51(41)48/h4-33H,1-3H3. The lowest BCUT2D eigenvalue weighted by molar-refractivity contribution is 0.590. The number of para-hydroxylation sites is 2. The van der Waals surface area contributed by atoms with E-state index in [9.17, 15) is 0 Å². The summed E-state index contributed by atoms with van der Waals surface area (Å²) in [6.45, 7) is 6.78. The Hall–Kier alpha value is -6.64. The zero-order chi connectivity index (χ0) is 36.4. The number of hydrogen-bond donors (Lipinski definition) is 0. The van der Waals surface area contributed by atoms with Crippen LogP contribution in [0.25, 0.3) is 76.5 Å². The zero-order valence-corrected chi connectivity index (χ0v) is 30.7. The van der Waals surface area contributed by atoms with Gasteiger partial charge in [-0.15, -0.1) is 0 Å². The van der Waals surface area contributed by atoms with Gasteiger partial charge >= 0.3 is 0 Å². The molecule has 0 unspecified atom stereocenters. The third kappa shape index (κ3) is 5.33. The van der Waals surface area contributed by atoms with Crippen molar-refractivity contribution in [3.05, 3.63) is 188 Å². The van der Waals surface area contributed by atoms with Gasteiger partial charge in [0.05, 0.1) is 0 Å². The van der Waals surface area contributed by atoms with Crippen molar-refractivity contribution >= 4 is 71.3 Å². The molecular formula is C52H39NO. The second-order valence-corrected chi connectivity index (χ2v) is 15.4. The lowest BCUT2D eigenvalue weighted by atomic mass is 9.86. The van der Waals surface area contributed by atoms with Gasteiger partial charge in [-0.3, -0.25) is 0 Å². The van der Waals surface area contributed by atoms with Crippen LogP contribution in [0, 0.1) is 0 Å². The summed E-state index contributed by atoms with van der Waals surface area (Å²) in [7, 11) is 0. The Bertz CT molecular complexity index is 2960. The largest absolute Gasteiger partial charge is 0.455 e. The van der Waals surface area contributed by atoms with E-state index in [4.69, 9.17) is 4.42 Å². The molecule has 1 aromatic heterocycles. The fourth-order valence-electron chi connectivity index (χ4n) is 8.21. The van der Waals surface area contributed by atoms with Crippen molar-refractivity contribution in [2.24, 2.45) is 0 Å². The Morgan fingerprint density at radius 2 is 0.833 bits per heavy atom. The minimum Gasteiger partial charge on any atom is -0.455 e. The van der Waals surface area contributed by atoms with Crippen LogP contribution in [0.15, 0.2) is 186 Å². The van der Waals surface area contributed by atoms with Crippen molar-refractivity contribution < 1.29 is 4.42 Å². The predicted octanol–water partition coefficient (Wildman–Crippen LogP) is 15.1. The van der Waals surface area contributed by atoms with Crippen molar-refractivity contribution in [1.29, 1.82) is 0 Å². The van der Waals surface area contributed by atoms with Crippen LogP contribution < -0.4 is 4.90 Å². The van der Waals surface area contributed by atoms with Gasteiger partial charge in [-0.05, 0) is 102 Å². The van der Waals surface area contributed by atoms with Crippen LogP contribution in [-0.2, 0) is 5.41 Å². The van der Waals surface area contributed by atoms with Crippen LogP contribution in [0.5, 0.6) is 0 Å². The first kappa shape index (κ1) is 32.0. The van der Waals surface area contributed by atoms with E-state index < -0.39 is 0 Å². The maximum Gasteiger partial charge on any atom is 0.143 e. The Morgan fingerprint density at radius 1 is 0.370 bits per heavy atom. The first-order valence-electron chi connectivity index (χ1n) is 18.8. The molecule has 0 saturated heterocycles. The Labute approximate surface area is 315 Å². The predicted molar refractivity (Wildman–Crippen MR) is 230 cm³/mol. The molecule has 0 atom stereocenters. The van der Waals surface area contributed by atoms with Crippen molar-refractivity contribution in [3.63, 3.8) is 0 Å². The van der Waals surface area contributed by atoms with Gasteiger partial charge in [0.2, 0.25) is 0 Å². The first-order chi connectivity index (χ1) is 26.4. The van der Waals surface area contributed by atoms with Crippen LogP contribution in [-0.4, -0.2) is 0 Å². The Balaban J connectivity index is 1.11. The van der Waals surface area contributed by atoms with Gasteiger partial charge in [-0.1, -0.05) is 160 Å². The van der Waals surface area contributed by atoms with E-state index in [1.54, 1.807) is 0 Å². The highest BCUT2D eigenvalue weighted by Crippen LogP contribution is 2.42. The quantitative estimate of drug-likeness (QED) is 0.167. The maximum absolute atomic E-state index is 6.42. The molecule has 10 aromatic rings. The van der Waals surface area contributed by atoms with Crippen LogP contribution in [0.3, 0.4) is 0 Å². The summed E-state index contributed by atoms with van der Waals surface area (Å²) in [6.07, 6.45) is 0. The monoisotopic (exact) mass is 693 g/mol. The number of nitrogens with zero attached hydrogens (tertiary/aromatic N) is 1.